The van der Waals surface area contributed by atoms with Crippen LogP contribution in [-0.4, -0.2) is 33.3 Å². The molecule has 0 bridgehead atoms. The lowest BCUT2D eigenvalue weighted by Gasteiger charge is -2.14. The maximum atomic E-state index is 12.1. The molecule has 1 aromatic carbocycles. The molecule has 2 aromatic heterocycles. The monoisotopic (exact) mass is 384 g/mol. The van der Waals surface area contributed by atoms with Gasteiger partial charge in [0.25, 0.3) is 0 Å². The predicted octanol–water partition coefficient (Wildman–Crippen LogP) is 3.56. The average Bonchev–Trinajstić information content (AvgIpc) is 3.11. The summed E-state index contributed by atoms with van der Waals surface area (Å²) in [6, 6.07) is 7.82. The molecular formula is C19H20N4O5. The van der Waals surface area contributed by atoms with Crippen molar-refractivity contribution in [2.75, 3.05) is 5.32 Å². The van der Waals surface area contributed by atoms with Gasteiger partial charge < -0.3 is 25.0 Å². The van der Waals surface area contributed by atoms with E-state index in [0.717, 1.165) is 11.1 Å². The fourth-order valence-electron chi connectivity index (χ4n) is 2.71. The Balaban J connectivity index is 1.72. The first kappa shape index (κ1) is 19.2. The number of rotatable bonds is 7. The molecule has 0 saturated heterocycles. The number of ether oxygens (including phenoxy) is 1. The second-order valence-corrected chi connectivity index (χ2v) is 6.00. The van der Waals surface area contributed by atoms with Gasteiger partial charge in [0, 0.05) is 6.07 Å². The topological polar surface area (TPSA) is 127 Å². The van der Waals surface area contributed by atoms with Crippen LogP contribution in [0.5, 0.6) is 11.6 Å². The highest BCUT2D eigenvalue weighted by molar-refractivity contribution is 5.96. The zero-order valence-corrected chi connectivity index (χ0v) is 15.4. The Morgan fingerprint density at radius 2 is 2.07 bits per heavy atom. The largest absolute Gasteiger partial charge is 0.465 e. The number of hydrogen-bond acceptors (Lipinski definition) is 6. The number of nitrogens with one attached hydrogen (secondary N) is 2. The minimum Gasteiger partial charge on any atom is -0.465 e. The van der Waals surface area contributed by atoms with Crippen molar-refractivity contribution in [3.8, 4) is 11.6 Å². The lowest BCUT2D eigenvalue weighted by Crippen LogP contribution is -2.42. The van der Waals surface area contributed by atoms with Gasteiger partial charge in [-0.25, -0.2) is 9.78 Å². The number of nitrogens with zero attached hydrogens (tertiary/aromatic N) is 2. The van der Waals surface area contributed by atoms with Crippen molar-refractivity contribution in [3.05, 3.63) is 42.2 Å². The van der Waals surface area contributed by atoms with Crippen LogP contribution in [0.2, 0.25) is 0 Å². The van der Waals surface area contributed by atoms with Gasteiger partial charge in [0.1, 0.15) is 11.8 Å². The molecule has 3 N–H and O–H groups in total. The highest BCUT2D eigenvalue weighted by atomic mass is 16.5. The summed E-state index contributed by atoms with van der Waals surface area (Å²) in [5, 5.41) is 18.4. The molecule has 9 nitrogen and oxygen atoms in total. The number of aryl methyl sites for hydroxylation is 1. The van der Waals surface area contributed by atoms with E-state index in [4.69, 9.17) is 14.4 Å². The van der Waals surface area contributed by atoms with Crippen LogP contribution in [0.3, 0.4) is 0 Å². The lowest BCUT2D eigenvalue weighted by molar-refractivity contribution is -0.118. The highest BCUT2D eigenvalue weighted by Crippen LogP contribution is 2.32. The van der Waals surface area contributed by atoms with Crippen LogP contribution >= 0.6 is 0 Å². The van der Waals surface area contributed by atoms with Crippen molar-refractivity contribution in [1.29, 1.82) is 0 Å². The molecular weight excluding hydrogens is 364 g/mol. The van der Waals surface area contributed by atoms with Gasteiger partial charge in [0.05, 0.1) is 23.0 Å². The molecule has 9 heteroatoms. The Labute approximate surface area is 160 Å². The molecule has 0 radical (unpaired) electrons. The summed E-state index contributed by atoms with van der Waals surface area (Å²) in [6.45, 7) is 3.69. The van der Waals surface area contributed by atoms with Crippen molar-refractivity contribution in [1.82, 2.24) is 15.5 Å². The van der Waals surface area contributed by atoms with Gasteiger partial charge in [-0.1, -0.05) is 25.1 Å². The summed E-state index contributed by atoms with van der Waals surface area (Å²) in [4.78, 5) is 27.1. The molecule has 28 heavy (non-hydrogen) atoms. The number of benzene rings is 1. The fourth-order valence-corrected chi connectivity index (χ4v) is 2.71. The number of aromatic nitrogens is 2. The van der Waals surface area contributed by atoms with Crippen LogP contribution in [0.4, 0.5) is 10.5 Å². The Morgan fingerprint density at radius 1 is 1.25 bits per heavy atom. The third kappa shape index (κ3) is 4.20. The zero-order chi connectivity index (χ0) is 20.1. The SMILES string of the molecule is CCc1noc2cccc(Oc3ccc(NC(=O)[C@@H](CC)NC(=O)O)cn3)c12. The van der Waals surface area contributed by atoms with E-state index in [2.05, 4.69) is 20.8 Å². The Hall–Kier alpha value is -3.62. The summed E-state index contributed by atoms with van der Waals surface area (Å²) < 4.78 is 11.2. The van der Waals surface area contributed by atoms with Crippen LogP contribution < -0.4 is 15.4 Å². The number of carbonyl (C=O) groups excluding carboxylic acids is 1. The van der Waals surface area contributed by atoms with Gasteiger partial charge in [0.2, 0.25) is 11.8 Å². The van der Waals surface area contributed by atoms with E-state index in [1.54, 1.807) is 31.2 Å². The second-order valence-electron chi connectivity index (χ2n) is 6.00. The quantitative estimate of drug-likeness (QED) is 0.568. The van der Waals surface area contributed by atoms with E-state index in [-0.39, 0.29) is 0 Å². The minimum atomic E-state index is -1.25. The summed E-state index contributed by atoms with van der Waals surface area (Å²) >= 11 is 0. The number of amides is 2. The summed E-state index contributed by atoms with van der Waals surface area (Å²) in [6.07, 6.45) is 1.22. The van der Waals surface area contributed by atoms with Crippen molar-refractivity contribution in [2.24, 2.45) is 0 Å². The maximum absolute atomic E-state index is 12.1. The molecule has 0 fully saturated rings. The van der Waals surface area contributed by atoms with Gasteiger partial charge >= 0.3 is 6.09 Å². The van der Waals surface area contributed by atoms with Crippen molar-refractivity contribution < 1.29 is 24.0 Å². The Kier molecular flexibility index (Phi) is 5.73. The number of carbonyl (C=O) groups is 2. The third-order valence-corrected chi connectivity index (χ3v) is 4.11. The smallest absolute Gasteiger partial charge is 0.405 e. The molecule has 0 unspecified atom stereocenters. The van der Waals surface area contributed by atoms with Crippen LogP contribution in [0.25, 0.3) is 11.0 Å². The van der Waals surface area contributed by atoms with E-state index in [0.29, 0.717) is 35.7 Å². The van der Waals surface area contributed by atoms with E-state index in [1.165, 1.54) is 6.20 Å². The fraction of sp³-hybridized carbons (Fsp3) is 0.263. The zero-order valence-electron chi connectivity index (χ0n) is 15.4. The predicted molar refractivity (Wildman–Crippen MR) is 102 cm³/mol. The highest BCUT2D eigenvalue weighted by Gasteiger charge is 2.18. The first-order chi connectivity index (χ1) is 13.5. The maximum Gasteiger partial charge on any atom is 0.405 e. The van der Waals surface area contributed by atoms with Crippen LogP contribution in [0.1, 0.15) is 26.0 Å². The summed E-state index contributed by atoms with van der Waals surface area (Å²) in [5.74, 6) is 0.461. The molecule has 0 aliphatic carbocycles. The Bertz CT molecular complexity index is 984. The van der Waals surface area contributed by atoms with Crippen molar-refractivity contribution >= 4 is 28.7 Å². The van der Waals surface area contributed by atoms with Crippen LogP contribution in [0.15, 0.2) is 41.1 Å². The van der Waals surface area contributed by atoms with E-state index < -0.39 is 18.0 Å². The van der Waals surface area contributed by atoms with E-state index in [9.17, 15) is 9.59 Å². The standard InChI is InChI=1S/C19H20N4O5/c1-3-12-17-14(6-5-7-15(17)28-23-12)27-16-9-8-11(10-20-16)21-18(24)13(4-2)22-19(25)26/h5-10,13,22H,3-4H2,1-2H3,(H,21,24)(H,25,26)/t13-/m1/s1. The van der Waals surface area contributed by atoms with Gasteiger partial charge in [-0.3, -0.25) is 4.79 Å². The number of anilines is 1. The molecule has 3 aromatic rings. The van der Waals surface area contributed by atoms with E-state index in [1.807, 2.05) is 13.0 Å². The molecule has 1 atom stereocenters. The second kappa shape index (κ2) is 8.38. The van der Waals surface area contributed by atoms with Crippen LogP contribution in [0, 0.1) is 0 Å². The number of carboxylic acid groups (broad SMARTS) is 1. The van der Waals surface area contributed by atoms with E-state index >= 15 is 0 Å². The molecule has 0 spiro atoms. The molecule has 0 aliphatic heterocycles. The molecule has 3 rings (SSSR count). The Morgan fingerprint density at radius 3 is 2.71 bits per heavy atom. The van der Waals surface area contributed by atoms with Crippen LogP contribution in [-0.2, 0) is 11.2 Å². The first-order valence-corrected chi connectivity index (χ1v) is 8.83. The number of hydrogen-bond donors (Lipinski definition) is 3. The molecule has 0 aliphatic rings. The normalized spacial score (nSPS) is 11.8. The molecule has 2 amide bonds. The summed E-state index contributed by atoms with van der Waals surface area (Å²) in [7, 11) is 0. The first-order valence-electron chi connectivity index (χ1n) is 8.83. The average molecular weight is 384 g/mol. The van der Waals surface area contributed by atoms with Crippen molar-refractivity contribution in [2.45, 2.75) is 32.7 Å². The molecule has 2 heterocycles. The minimum absolute atomic E-state index is 0.329. The summed E-state index contributed by atoms with van der Waals surface area (Å²) in [5.41, 5.74) is 1.86. The third-order valence-electron chi connectivity index (χ3n) is 4.11. The van der Waals surface area contributed by atoms with Crippen molar-refractivity contribution in [3.63, 3.8) is 0 Å². The van der Waals surface area contributed by atoms with Gasteiger partial charge in [-0.05, 0) is 31.0 Å². The molecule has 0 saturated carbocycles. The lowest BCUT2D eigenvalue weighted by atomic mass is 10.1. The number of pyridine rings is 1. The molecule has 146 valence electrons. The van der Waals surface area contributed by atoms with Gasteiger partial charge in [-0.2, -0.15) is 0 Å². The van der Waals surface area contributed by atoms with Gasteiger partial charge in [0.15, 0.2) is 5.58 Å². The van der Waals surface area contributed by atoms with Gasteiger partial charge in [-0.15, -0.1) is 0 Å². The number of fused-ring (bicyclic) bond motifs is 1.